The van der Waals surface area contributed by atoms with Gasteiger partial charge in [0.2, 0.25) is 0 Å². The standard InChI is InChI=1S/C9H12O.H3O3P/c1-2-9(10)8-6-4-3-5-7-8;1-4(2)3/h3-7,9-10H,2H2,1H3;4H,(H2,1,2,3). The molecule has 5 heteroatoms. The van der Waals surface area contributed by atoms with Crippen LogP contribution in [-0.4, -0.2) is 14.9 Å². The van der Waals surface area contributed by atoms with Crippen molar-refractivity contribution in [1.82, 2.24) is 0 Å². The number of aliphatic hydroxyl groups excluding tert-OH is 1. The van der Waals surface area contributed by atoms with Crippen LogP contribution in [0.1, 0.15) is 25.0 Å². The van der Waals surface area contributed by atoms with Gasteiger partial charge in [0.1, 0.15) is 0 Å². The van der Waals surface area contributed by atoms with Crippen molar-refractivity contribution in [2.45, 2.75) is 19.4 Å². The Hall–Kier alpha value is -0.670. The number of aliphatic hydroxyl groups is 1. The van der Waals surface area contributed by atoms with E-state index >= 15 is 0 Å². The van der Waals surface area contributed by atoms with Gasteiger partial charge in [-0.2, -0.15) is 0 Å². The lowest BCUT2D eigenvalue weighted by Crippen LogP contribution is -1.93. The fraction of sp³-hybridized carbons (Fsp3) is 0.333. The van der Waals surface area contributed by atoms with Gasteiger partial charge in [-0.1, -0.05) is 37.3 Å². The Bertz CT molecular complexity index is 259. The van der Waals surface area contributed by atoms with Crippen LogP contribution >= 0.6 is 8.25 Å². The summed E-state index contributed by atoms with van der Waals surface area (Å²) in [4.78, 5) is 14.3. The predicted octanol–water partition coefficient (Wildman–Crippen LogP) is 1.49. The van der Waals surface area contributed by atoms with Crippen LogP contribution in [0.15, 0.2) is 30.3 Å². The highest BCUT2D eigenvalue weighted by Gasteiger charge is 2.00. The molecule has 0 fully saturated rings. The lowest BCUT2D eigenvalue weighted by atomic mass is 10.1. The molecule has 0 aliphatic carbocycles. The van der Waals surface area contributed by atoms with Gasteiger partial charge in [0.25, 0.3) is 0 Å². The lowest BCUT2D eigenvalue weighted by molar-refractivity contribution is 0.173. The summed E-state index contributed by atoms with van der Waals surface area (Å²) < 4.78 is 8.74. The van der Waals surface area contributed by atoms with E-state index in [4.69, 9.17) is 14.4 Å². The van der Waals surface area contributed by atoms with E-state index in [9.17, 15) is 5.11 Å². The summed E-state index contributed by atoms with van der Waals surface area (Å²) in [7, 11) is -3.13. The van der Waals surface area contributed by atoms with E-state index in [0.717, 1.165) is 12.0 Å². The highest BCUT2D eigenvalue weighted by Crippen LogP contribution is 2.14. The van der Waals surface area contributed by atoms with Gasteiger partial charge in [-0.05, 0) is 12.0 Å². The Morgan fingerprint density at radius 2 is 1.71 bits per heavy atom. The first-order valence-electron chi connectivity index (χ1n) is 4.22. The molecular weight excluding hydrogens is 203 g/mol. The van der Waals surface area contributed by atoms with Crippen molar-refractivity contribution in [2.75, 3.05) is 0 Å². The predicted molar refractivity (Wildman–Crippen MR) is 55.1 cm³/mol. The van der Waals surface area contributed by atoms with Crippen LogP contribution in [0, 0.1) is 0 Å². The van der Waals surface area contributed by atoms with Crippen LogP contribution in [0.4, 0.5) is 0 Å². The highest BCUT2D eigenvalue weighted by atomic mass is 31.1. The van der Waals surface area contributed by atoms with Gasteiger partial charge in [0, 0.05) is 0 Å². The first kappa shape index (κ1) is 13.3. The quantitative estimate of drug-likeness (QED) is 0.657. The molecule has 1 aromatic rings. The molecule has 0 bridgehead atoms. The van der Waals surface area contributed by atoms with Crippen LogP contribution < -0.4 is 0 Å². The maximum absolute atomic E-state index is 9.33. The van der Waals surface area contributed by atoms with Crippen molar-refractivity contribution in [3.8, 4) is 0 Å². The van der Waals surface area contributed by atoms with Crippen molar-refractivity contribution >= 4 is 8.25 Å². The molecular formula is C9H15O4P. The van der Waals surface area contributed by atoms with Gasteiger partial charge in [0.05, 0.1) is 6.10 Å². The molecule has 0 amide bonds. The topological polar surface area (TPSA) is 77.8 Å². The Labute approximate surface area is 83.8 Å². The molecule has 14 heavy (non-hydrogen) atoms. The molecule has 80 valence electrons. The summed E-state index contributed by atoms with van der Waals surface area (Å²) in [6.45, 7) is 1.97. The smallest absolute Gasteiger partial charge is 0.314 e. The molecule has 1 aromatic carbocycles. The van der Waals surface area contributed by atoms with Gasteiger partial charge >= 0.3 is 8.25 Å². The normalized spacial score (nSPS) is 11.8. The van der Waals surface area contributed by atoms with Gasteiger partial charge in [-0.15, -0.1) is 0 Å². The minimum absolute atomic E-state index is 0.291. The maximum atomic E-state index is 9.33. The monoisotopic (exact) mass is 218 g/mol. The van der Waals surface area contributed by atoms with E-state index in [1.807, 2.05) is 37.3 Å². The van der Waals surface area contributed by atoms with Crippen molar-refractivity contribution in [2.24, 2.45) is 0 Å². The second kappa shape index (κ2) is 7.71. The van der Waals surface area contributed by atoms with Gasteiger partial charge in [-0.25, -0.2) is 0 Å². The van der Waals surface area contributed by atoms with Crippen LogP contribution in [-0.2, 0) is 4.57 Å². The largest absolute Gasteiger partial charge is 0.388 e. The zero-order chi connectivity index (χ0) is 11.0. The van der Waals surface area contributed by atoms with Crippen molar-refractivity contribution in [3.63, 3.8) is 0 Å². The maximum Gasteiger partial charge on any atom is 0.314 e. The molecule has 0 aromatic heterocycles. The fourth-order valence-electron chi connectivity index (χ4n) is 0.911. The third-order valence-corrected chi connectivity index (χ3v) is 1.57. The van der Waals surface area contributed by atoms with Gasteiger partial charge < -0.3 is 14.9 Å². The van der Waals surface area contributed by atoms with Crippen molar-refractivity contribution in [1.29, 1.82) is 0 Å². The van der Waals surface area contributed by atoms with E-state index < -0.39 is 8.25 Å². The van der Waals surface area contributed by atoms with Gasteiger partial charge in [-0.3, -0.25) is 4.57 Å². The Morgan fingerprint density at radius 3 is 2.07 bits per heavy atom. The van der Waals surface area contributed by atoms with Crippen LogP contribution in [0.5, 0.6) is 0 Å². The second-order valence-electron chi connectivity index (χ2n) is 2.62. The Balaban J connectivity index is 0.000000364. The zero-order valence-electron chi connectivity index (χ0n) is 7.92. The summed E-state index contributed by atoms with van der Waals surface area (Å²) >= 11 is 0. The van der Waals surface area contributed by atoms with Crippen LogP contribution in [0.2, 0.25) is 0 Å². The highest BCUT2D eigenvalue weighted by molar-refractivity contribution is 7.30. The van der Waals surface area contributed by atoms with E-state index in [-0.39, 0.29) is 6.10 Å². The molecule has 4 nitrogen and oxygen atoms in total. The van der Waals surface area contributed by atoms with Crippen molar-refractivity contribution in [3.05, 3.63) is 35.9 Å². The van der Waals surface area contributed by atoms with E-state index in [1.54, 1.807) is 0 Å². The number of hydrogen-bond donors (Lipinski definition) is 3. The summed E-state index contributed by atoms with van der Waals surface area (Å²) in [5, 5.41) is 9.33. The molecule has 0 saturated carbocycles. The third-order valence-electron chi connectivity index (χ3n) is 1.57. The summed E-state index contributed by atoms with van der Waals surface area (Å²) in [5.41, 5.74) is 1.00. The molecule has 0 aliphatic heterocycles. The molecule has 3 N–H and O–H groups in total. The minimum atomic E-state index is -3.13. The number of rotatable bonds is 2. The fourth-order valence-corrected chi connectivity index (χ4v) is 0.911. The summed E-state index contributed by atoms with van der Waals surface area (Å²) in [6.07, 6.45) is 0.491. The van der Waals surface area contributed by atoms with E-state index in [2.05, 4.69) is 0 Å². The first-order valence-corrected chi connectivity index (χ1v) is 5.53. The van der Waals surface area contributed by atoms with Crippen LogP contribution in [0.25, 0.3) is 0 Å². The molecule has 0 radical (unpaired) electrons. The molecule has 0 aliphatic rings. The first-order chi connectivity index (χ1) is 6.57. The molecule has 1 atom stereocenters. The molecule has 1 unspecified atom stereocenters. The van der Waals surface area contributed by atoms with Crippen LogP contribution in [0.3, 0.4) is 0 Å². The average molecular weight is 218 g/mol. The lowest BCUT2D eigenvalue weighted by Gasteiger charge is -2.05. The molecule has 0 saturated heterocycles. The summed E-state index contributed by atoms with van der Waals surface area (Å²) in [5.74, 6) is 0. The van der Waals surface area contributed by atoms with Gasteiger partial charge in [0.15, 0.2) is 0 Å². The van der Waals surface area contributed by atoms with Crippen molar-refractivity contribution < 1.29 is 19.5 Å². The molecule has 0 spiro atoms. The summed E-state index contributed by atoms with van der Waals surface area (Å²) in [6, 6.07) is 9.70. The molecule has 1 rings (SSSR count). The second-order valence-corrected chi connectivity index (χ2v) is 3.18. The number of benzene rings is 1. The number of hydrogen-bond acceptors (Lipinski definition) is 2. The third kappa shape index (κ3) is 6.80. The zero-order valence-corrected chi connectivity index (χ0v) is 8.92. The van der Waals surface area contributed by atoms with E-state index in [0.29, 0.717) is 0 Å². The average Bonchev–Trinajstić information content (AvgIpc) is 2.17. The minimum Gasteiger partial charge on any atom is -0.388 e. The SMILES string of the molecule is CCC(O)c1ccccc1.O=[PH](O)O. The Morgan fingerprint density at radius 1 is 1.29 bits per heavy atom. The van der Waals surface area contributed by atoms with E-state index in [1.165, 1.54) is 0 Å². The molecule has 0 heterocycles. The Kier molecular flexibility index (Phi) is 7.34.